The number of hydrogen-bond donors (Lipinski definition) is 1. The third-order valence-corrected chi connectivity index (χ3v) is 2.97. The van der Waals surface area contributed by atoms with Crippen molar-refractivity contribution in [3.63, 3.8) is 0 Å². The molecular formula is C16H18FNO3. The zero-order valence-electron chi connectivity index (χ0n) is 11.7. The van der Waals surface area contributed by atoms with E-state index in [0.29, 0.717) is 13.0 Å². The average molecular weight is 291 g/mol. The number of halogens is 1. The van der Waals surface area contributed by atoms with Gasteiger partial charge in [0.05, 0.1) is 12.9 Å². The Morgan fingerprint density at radius 2 is 2.14 bits per heavy atom. The lowest BCUT2D eigenvalue weighted by Crippen LogP contribution is -2.24. The van der Waals surface area contributed by atoms with Gasteiger partial charge in [-0.1, -0.05) is 12.1 Å². The number of carbonyl (C=O) groups is 1. The van der Waals surface area contributed by atoms with Gasteiger partial charge in [-0.2, -0.15) is 0 Å². The molecule has 1 N–H and O–H groups in total. The monoisotopic (exact) mass is 291 g/mol. The second kappa shape index (κ2) is 8.21. The summed E-state index contributed by atoms with van der Waals surface area (Å²) >= 11 is 0. The van der Waals surface area contributed by atoms with Crippen molar-refractivity contribution in [3.05, 3.63) is 59.8 Å². The van der Waals surface area contributed by atoms with Gasteiger partial charge in [-0.3, -0.25) is 9.63 Å². The predicted molar refractivity (Wildman–Crippen MR) is 75.8 cm³/mol. The lowest BCUT2D eigenvalue weighted by atomic mass is 10.1. The van der Waals surface area contributed by atoms with Crippen molar-refractivity contribution in [1.29, 1.82) is 0 Å². The Kier molecular flexibility index (Phi) is 5.97. The average Bonchev–Trinajstić information content (AvgIpc) is 2.98. The molecule has 4 nitrogen and oxygen atoms in total. The van der Waals surface area contributed by atoms with Crippen LogP contribution >= 0.6 is 0 Å². The Balaban J connectivity index is 1.55. The lowest BCUT2D eigenvalue weighted by molar-refractivity contribution is -0.133. The molecule has 0 radical (unpaired) electrons. The highest BCUT2D eigenvalue weighted by Gasteiger charge is 2.03. The van der Waals surface area contributed by atoms with E-state index in [9.17, 15) is 9.18 Å². The molecule has 1 heterocycles. The van der Waals surface area contributed by atoms with Gasteiger partial charge >= 0.3 is 0 Å². The maximum atomic E-state index is 13.0. The van der Waals surface area contributed by atoms with E-state index in [2.05, 4.69) is 5.48 Å². The van der Waals surface area contributed by atoms with Crippen LogP contribution in [0.3, 0.4) is 0 Å². The summed E-state index contributed by atoms with van der Waals surface area (Å²) in [4.78, 5) is 16.6. The second-order valence-corrected chi connectivity index (χ2v) is 4.69. The van der Waals surface area contributed by atoms with Crippen LogP contribution in [0.4, 0.5) is 4.39 Å². The van der Waals surface area contributed by atoms with E-state index in [1.54, 1.807) is 18.4 Å². The third kappa shape index (κ3) is 5.79. The highest BCUT2D eigenvalue weighted by molar-refractivity contribution is 5.75. The molecule has 0 saturated carbocycles. The SMILES string of the molecule is O=C(CCc1cccc(F)c1)NOCCCc1ccco1. The summed E-state index contributed by atoms with van der Waals surface area (Å²) in [5, 5.41) is 0. The van der Waals surface area contributed by atoms with Crippen molar-refractivity contribution >= 4 is 5.91 Å². The van der Waals surface area contributed by atoms with Crippen molar-refractivity contribution in [2.24, 2.45) is 0 Å². The number of nitrogens with one attached hydrogen (secondary N) is 1. The van der Waals surface area contributed by atoms with Crippen LogP contribution in [-0.4, -0.2) is 12.5 Å². The zero-order chi connectivity index (χ0) is 14.9. The first-order chi connectivity index (χ1) is 10.2. The first-order valence-electron chi connectivity index (χ1n) is 6.91. The fourth-order valence-corrected chi connectivity index (χ4v) is 1.91. The highest BCUT2D eigenvalue weighted by atomic mass is 19.1. The van der Waals surface area contributed by atoms with Gasteiger partial charge in [-0.25, -0.2) is 9.87 Å². The minimum atomic E-state index is -0.290. The fraction of sp³-hybridized carbons (Fsp3) is 0.312. The molecule has 21 heavy (non-hydrogen) atoms. The molecule has 0 aliphatic heterocycles. The van der Waals surface area contributed by atoms with Crippen LogP contribution in [0.15, 0.2) is 47.1 Å². The molecule has 2 rings (SSSR count). The Labute approximate surface area is 122 Å². The standard InChI is InChI=1S/C16H18FNO3/c17-14-5-1-4-13(12-14)8-9-16(19)18-21-11-3-7-15-6-2-10-20-15/h1-2,4-6,10,12H,3,7-9,11H2,(H,18,19). The summed E-state index contributed by atoms with van der Waals surface area (Å²) in [7, 11) is 0. The Morgan fingerprint density at radius 3 is 2.90 bits per heavy atom. The minimum absolute atomic E-state index is 0.211. The van der Waals surface area contributed by atoms with Gasteiger partial charge in [0, 0.05) is 12.8 Å². The molecule has 0 fully saturated rings. The van der Waals surface area contributed by atoms with Crippen LogP contribution in [0.5, 0.6) is 0 Å². The molecule has 0 bridgehead atoms. The number of benzene rings is 1. The maximum Gasteiger partial charge on any atom is 0.243 e. The number of furan rings is 1. The Hall–Kier alpha value is -2.14. The maximum absolute atomic E-state index is 13.0. The van der Waals surface area contributed by atoms with Crippen LogP contribution in [0.25, 0.3) is 0 Å². The van der Waals surface area contributed by atoms with Crippen molar-refractivity contribution < 1.29 is 18.4 Å². The van der Waals surface area contributed by atoms with E-state index in [0.717, 1.165) is 24.2 Å². The van der Waals surface area contributed by atoms with Crippen molar-refractivity contribution in [1.82, 2.24) is 5.48 Å². The van der Waals surface area contributed by atoms with Gasteiger partial charge in [0.25, 0.3) is 0 Å². The normalized spacial score (nSPS) is 10.5. The minimum Gasteiger partial charge on any atom is -0.469 e. The predicted octanol–water partition coefficient (Wildman–Crippen LogP) is 3.03. The number of aryl methyl sites for hydroxylation is 2. The molecule has 1 aromatic carbocycles. The number of carbonyl (C=O) groups excluding carboxylic acids is 1. The molecule has 0 aliphatic carbocycles. The molecule has 5 heteroatoms. The van der Waals surface area contributed by atoms with E-state index >= 15 is 0 Å². The quantitative estimate of drug-likeness (QED) is 0.601. The van der Waals surface area contributed by atoms with Gasteiger partial charge in [0.15, 0.2) is 0 Å². The summed E-state index contributed by atoms with van der Waals surface area (Å²) in [5.74, 6) is 0.398. The molecule has 1 amide bonds. The Bertz CT molecular complexity index is 554. The lowest BCUT2D eigenvalue weighted by Gasteiger charge is -2.05. The zero-order valence-corrected chi connectivity index (χ0v) is 11.7. The van der Waals surface area contributed by atoms with E-state index in [-0.39, 0.29) is 18.1 Å². The van der Waals surface area contributed by atoms with Crippen LogP contribution in [0.1, 0.15) is 24.2 Å². The summed E-state index contributed by atoms with van der Waals surface area (Å²) < 4.78 is 18.1. The topological polar surface area (TPSA) is 51.5 Å². The first kappa shape index (κ1) is 15.3. The second-order valence-electron chi connectivity index (χ2n) is 4.69. The van der Waals surface area contributed by atoms with Gasteiger partial charge in [0.1, 0.15) is 11.6 Å². The Morgan fingerprint density at radius 1 is 1.24 bits per heavy atom. The first-order valence-corrected chi connectivity index (χ1v) is 6.91. The number of hydroxylamine groups is 1. The van der Waals surface area contributed by atoms with E-state index in [1.165, 1.54) is 12.1 Å². The van der Waals surface area contributed by atoms with Crippen LogP contribution in [-0.2, 0) is 22.5 Å². The molecule has 112 valence electrons. The molecule has 2 aromatic rings. The van der Waals surface area contributed by atoms with Crippen LogP contribution in [0.2, 0.25) is 0 Å². The summed E-state index contributed by atoms with van der Waals surface area (Å²) in [6, 6.07) is 9.97. The van der Waals surface area contributed by atoms with Crippen molar-refractivity contribution in [2.75, 3.05) is 6.61 Å². The van der Waals surface area contributed by atoms with Gasteiger partial charge in [-0.15, -0.1) is 0 Å². The molecule has 0 saturated heterocycles. The largest absolute Gasteiger partial charge is 0.469 e. The van der Waals surface area contributed by atoms with Gasteiger partial charge in [-0.05, 0) is 42.7 Å². The summed E-state index contributed by atoms with van der Waals surface area (Å²) in [6.45, 7) is 0.423. The summed E-state index contributed by atoms with van der Waals surface area (Å²) in [5.41, 5.74) is 3.18. The smallest absolute Gasteiger partial charge is 0.243 e. The molecule has 0 spiro atoms. The van der Waals surface area contributed by atoms with E-state index in [1.807, 2.05) is 12.1 Å². The van der Waals surface area contributed by atoms with Gasteiger partial charge in [0.2, 0.25) is 5.91 Å². The molecule has 1 aromatic heterocycles. The molecular weight excluding hydrogens is 273 g/mol. The number of rotatable bonds is 8. The molecule has 0 unspecified atom stereocenters. The summed E-state index contributed by atoms with van der Waals surface area (Å²) in [6.07, 6.45) is 3.91. The third-order valence-electron chi connectivity index (χ3n) is 2.97. The van der Waals surface area contributed by atoms with Crippen molar-refractivity contribution in [3.8, 4) is 0 Å². The van der Waals surface area contributed by atoms with E-state index in [4.69, 9.17) is 9.25 Å². The molecule has 0 atom stereocenters. The van der Waals surface area contributed by atoms with Crippen LogP contribution < -0.4 is 5.48 Å². The molecule has 0 aliphatic rings. The van der Waals surface area contributed by atoms with E-state index < -0.39 is 0 Å². The number of amides is 1. The number of hydrogen-bond acceptors (Lipinski definition) is 3. The highest BCUT2D eigenvalue weighted by Crippen LogP contribution is 2.06. The van der Waals surface area contributed by atoms with Crippen molar-refractivity contribution in [2.45, 2.75) is 25.7 Å². The van der Waals surface area contributed by atoms with Gasteiger partial charge < -0.3 is 4.42 Å². The fourth-order valence-electron chi connectivity index (χ4n) is 1.91. The van der Waals surface area contributed by atoms with Crippen LogP contribution in [0, 0.1) is 5.82 Å².